The van der Waals surface area contributed by atoms with E-state index >= 15 is 0 Å². The highest BCUT2D eigenvalue weighted by Gasteiger charge is 2.26. The fourth-order valence-corrected chi connectivity index (χ4v) is 2.87. The number of ketones is 1. The summed E-state index contributed by atoms with van der Waals surface area (Å²) in [4.78, 5) is 30.2. The second kappa shape index (κ2) is 7.84. The lowest BCUT2D eigenvalue weighted by Crippen LogP contribution is -2.09. The number of aryl methyl sites for hydroxylation is 2. The van der Waals surface area contributed by atoms with Crippen LogP contribution in [0, 0.1) is 6.92 Å². The van der Waals surface area contributed by atoms with E-state index in [1.165, 1.54) is 0 Å². The van der Waals surface area contributed by atoms with Crippen LogP contribution in [0.3, 0.4) is 0 Å². The monoisotopic (exact) mass is 374 g/mol. The molecule has 1 saturated carbocycles. The molecule has 0 radical (unpaired) electrons. The van der Waals surface area contributed by atoms with E-state index in [2.05, 4.69) is 19.9 Å². The Labute approximate surface area is 164 Å². The quantitative estimate of drug-likeness (QED) is 0.576. The zero-order valence-electron chi connectivity index (χ0n) is 16.1. The van der Waals surface area contributed by atoms with Crippen LogP contribution in [0.4, 0.5) is 0 Å². The number of Topliss-reactive ketones (excluding diaryl/α,β-unsaturated/α-hetero) is 1. The molecule has 3 aromatic rings. The summed E-state index contributed by atoms with van der Waals surface area (Å²) in [6, 6.07) is 7.33. The summed E-state index contributed by atoms with van der Waals surface area (Å²) in [5.41, 5.74) is 2.97. The minimum atomic E-state index is -0.0863. The van der Waals surface area contributed by atoms with Crippen LogP contribution in [0.2, 0.25) is 0 Å². The van der Waals surface area contributed by atoms with Crippen molar-refractivity contribution >= 4 is 5.78 Å². The maximum Gasteiger partial charge on any atom is 0.187 e. The highest BCUT2D eigenvalue weighted by molar-refractivity contribution is 5.95. The number of hydrogen-bond acceptors (Lipinski definition) is 6. The van der Waals surface area contributed by atoms with Crippen molar-refractivity contribution < 1.29 is 9.53 Å². The maximum absolute atomic E-state index is 12.7. The second-order valence-electron chi connectivity index (χ2n) is 7.11. The largest absolute Gasteiger partial charge is 0.454 e. The van der Waals surface area contributed by atoms with Crippen molar-refractivity contribution in [1.29, 1.82) is 0 Å². The van der Waals surface area contributed by atoms with E-state index in [-0.39, 0.29) is 12.2 Å². The van der Waals surface area contributed by atoms with Crippen LogP contribution in [0.15, 0.2) is 42.9 Å². The highest BCUT2D eigenvalue weighted by atomic mass is 16.5. The fourth-order valence-electron chi connectivity index (χ4n) is 2.87. The van der Waals surface area contributed by atoms with Crippen molar-refractivity contribution in [2.75, 3.05) is 0 Å². The molecule has 28 heavy (non-hydrogen) atoms. The van der Waals surface area contributed by atoms with E-state index < -0.39 is 0 Å². The molecule has 0 saturated heterocycles. The van der Waals surface area contributed by atoms with Gasteiger partial charge < -0.3 is 4.74 Å². The minimum absolute atomic E-state index is 0.0863. The Bertz CT molecular complexity index is 980. The first kappa shape index (κ1) is 18.2. The number of hydrogen-bond donors (Lipinski definition) is 0. The van der Waals surface area contributed by atoms with Gasteiger partial charge in [0.15, 0.2) is 11.5 Å². The molecule has 142 valence electrons. The maximum atomic E-state index is 12.7. The van der Waals surface area contributed by atoms with E-state index in [4.69, 9.17) is 4.74 Å². The standard InChI is InChI=1S/C22H22N4O2/c1-3-16-8-18(28-19-12-24-22(25-13-19)15-5-6-15)10-20(26-16)21(27)9-17-7-4-14(2)11-23-17/h4,7-8,10-13,15H,3,5-6,9H2,1-2H3. The molecular weight excluding hydrogens is 352 g/mol. The highest BCUT2D eigenvalue weighted by Crippen LogP contribution is 2.38. The molecule has 0 amide bonds. The van der Waals surface area contributed by atoms with Gasteiger partial charge in [0.2, 0.25) is 0 Å². The smallest absolute Gasteiger partial charge is 0.187 e. The zero-order valence-corrected chi connectivity index (χ0v) is 16.1. The molecule has 3 aromatic heterocycles. The van der Waals surface area contributed by atoms with Crippen molar-refractivity contribution in [1.82, 2.24) is 19.9 Å². The number of carbonyl (C=O) groups excluding carboxylic acids is 1. The lowest BCUT2D eigenvalue weighted by Gasteiger charge is -2.09. The Morgan fingerprint density at radius 1 is 1.04 bits per heavy atom. The van der Waals surface area contributed by atoms with Gasteiger partial charge in [-0.05, 0) is 37.8 Å². The number of aromatic nitrogens is 4. The van der Waals surface area contributed by atoms with E-state index in [1.54, 1.807) is 24.7 Å². The van der Waals surface area contributed by atoms with Gasteiger partial charge in [-0.15, -0.1) is 0 Å². The van der Waals surface area contributed by atoms with Crippen LogP contribution >= 0.6 is 0 Å². The average molecular weight is 374 g/mol. The molecule has 1 aliphatic rings. The molecule has 1 aliphatic carbocycles. The van der Waals surface area contributed by atoms with Gasteiger partial charge in [-0.2, -0.15) is 0 Å². The number of pyridine rings is 2. The van der Waals surface area contributed by atoms with Gasteiger partial charge in [0, 0.05) is 35.6 Å². The molecule has 0 N–H and O–H groups in total. The van der Waals surface area contributed by atoms with Crippen LogP contribution in [0.1, 0.15) is 58.9 Å². The minimum Gasteiger partial charge on any atom is -0.454 e. The van der Waals surface area contributed by atoms with Gasteiger partial charge in [0.1, 0.15) is 17.3 Å². The summed E-state index contributed by atoms with van der Waals surface area (Å²) in [6.45, 7) is 3.96. The predicted molar refractivity (Wildman–Crippen MR) is 105 cm³/mol. The molecule has 1 fully saturated rings. The molecule has 0 unspecified atom stereocenters. The number of nitrogens with zero attached hydrogens (tertiary/aromatic N) is 4. The van der Waals surface area contributed by atoms with E-state index in [1.807, 2.05) is 32.0 Å². The SMILES string of the molecule is CCc1cc(Oc2cnc(C3CC3)nc2)cc(C(=O)Cc2ccc(C)cn2)n1. The van der Waals surface area contributed by atoms with Crippen molar-refractivity contribution in [2.24, 2.45) is 0 Å². The summed E-state index contributed by atoms with van der Waals surface area (Å²) in [5, 5.41) is 0. The summed E-state index contributed by atoms with van der Waals surface area (Å²) in [7, 11) is 0. The first-order chi connectivity index (χ1) is 13.6. The molecular formula is C22H22N4O2. The Balaban J connectivity index is 1.52. The van der Waals surface area contributed by atoms with Crippen LogP contribution in [0.25, 0.3) is 0 Å². The van der Waals surface area contributed by atoms with E-state index in [9.17, 15) is 4.79 Å². The summed E-state index contributed by atoms with van der Waals surface area (Å²) in [6.07, 6.45) is 8.36. The molecule has 0 spiro atoms. The van der Waals surface area contributed by atoms with E-state index in [0.29, 0.717) is 29.5 Å². The van der Waals surface area contributed by atoms with Gasteiger partial charge >= 0.3 is 0 Å². The lowest BCUT2D eigenvalue weighted by molar-refractivity contribution is 0.0986. The molecule has 0 aliphatic heterocycles. The number of carbonyl (C=O) groups is 1. The van der Waals surface area contributed by atoms with Gasteiger partial charge in [-0.1, -0.05) is 13.0 Å². The molecule has 0 atom stereocenters. The van der Waals surface area contributed by atoms with Crippen molar-refractivity contribution in [3.8, 4) is 11.5 Å². The van der Waals surface area contributed by atoms with Crippen molar-refractivity contribution in [3.05, 3.63) is 71.3 Å². The summed E-state index contributed by atoms with van der Waals surface area (Å²) >= 11 is 0. The molecule has 6 nitrogen and oxygen atoms in total. The summed E-state index contributed by atoms with van der Waals surface area (Å²) in [5.74, 6) is 2.40. The molecule has 3 heterocycles. The molecule has 0 aromatic carbocycles. The van der Waals surface area contributed by atoms with Crippen LogP contribution in [-0.2, 0) is 12.8 Å². The zero-order chi connectivity index (χ0) is 19.5. The number of ether oxygens (including phenoxy) is 1. The average Bonchev–Trinajstić information content (AvgIpc) is 3.55. The van der Waals surface area contributed by atoms with Gasteiger partial charge in [0.05, 0.1) is 18.8 Å². The van der Waals surface area contributed by atoms with Crippen LogP contribution in [0.5, 0.6) is 11.5 Å². The van der Waals surface area contributed by atoms with Crippen LogP contribution < -0.4 is 4.74 Å². The van der Waals surface area contributed by atoms with Gasteiger partial charge in [-0.3, -0.25) is 9.78 Å². The fraction of sp³-hybridized carbons (Fsp3) is 0.318. The lowest BCUT2D eigenvalue weighted by atomic mass is 10.1. The number of rotatable bonds is 7. The summed E-state index contributed by atoms with van der Waals surface area (Å²) < 4.78 is 5.90. The van der Waals surface area contributed by atoms with Gasteiger partial charge in [-0.25, -0.2) is 15.0 Å². The topological polar surface area (TPSA) is 77.9 Å². The van der Waals surface area contributed by atoms with Crippen LogP contribution in [-0.4, -0.2) is 25.7 Å². The third-order valence-corrected chi connectivity index (χ3v) is 4.64. The van der Waals surface area contributed by atoms with E-state index in [0.717, 1.165) is 35.6 Å². The Morgan fingerprint density at radius 2 is 1.82 bits per heavy atom. The normalized spacial score (nSPS) is 13.4. The Hall–Kier alpha value is -3.15. The third-order valence-electron chi connectivity index (χ3n) is 4.64. The Morgan fingerprint density at radius 3 is 2.46 bits per heavy atom. The van der Waals surface area contributed by atoms with Crippen molar-refractivity contribution in [2.45, 2.75) is 45.4 Å². The first-order valence-electron chi connectivity index (χ1n) is 9.56. The molecule has 0 bridgehead atoms. The Kier molecular flexibility index (Phi) is 5.10. The predicted octanol–water partition coefficient (Wildman–Crippen LogP) is 4.23. The van der Waals surface area contributed by atoms with Crippen molar-refractivity contribution in [3.63, 3.8) is 0 Å². The third kappa shape index (κ3) is 4.39. The van der Waals surface area contributed by atoms with Gasteiger partial charge in [0.25, 0.3) is 0 Å². The molecule has 4 rings (SSSR count). The second-order valence-corrected chi connectivity index (χ2v) is 7.11. The first-order valence-corrected chi connectivity index (χ1v) is 9.56. The molecule has 6 heteroatoms.